The molecule has 0 saturated carbocycles. The van der Waals surface area contributed by atoms with Crippen LogP contribution < -0.4 is 5.32 Å². The molecule has 21 heavy (non-hydrogen) atoms. The van der Waals surface area contributed by atoms with E-state index in [-0.39, 0.29) is 12.0 Å². The van der Waals surface area contributed by atoms with Gasteiger partial charge in [-0.25, -0.2) is 0 Å². The van der Waals surface area contributed by atoms with Gasteiger partial charge in [-0.2, -0.15) is 13.2 Å². The lowest BCUT2D eigenvalue weighted by Gasteiger charge is -2.31. The minimum absolute atomic E-state index is 0.0284. The molecule has 0 bridgehead atoms. The molecule has 1 aromatic heterocycles. The molecule has 5 heteroatoms. The molecule has 1 fully saturated rings. The van der Waals surface area contributed by atoms with Crippen molar-refractivity contribution in [1.29, 1.82) is 0 Å². The predicted octanol–water partition coefficient (Wildman–Crippen LogP) is 4.98. The molecule has 1 aromatic carbocycles. The topological polar surface area (TPSA) is 12.0 Å². The van der Waals surface area contributed by atoms with Crippen molar-refractivity contribution in [1.82, 2.24) is 5.32 Å². The van der Waals surface area contributed by atoms with E-state index in [9.17, 15) is 13.2 Å². The van der Waals surface area contributed by atoms with Crippen LogP contribution in [0.3, 0.4) is 0 Å². The highest BCUT2D eigenvalue weighted by atomic mass is 32.1. The minimum Gasteiger partial charge on any atom is -0.310 e. The second-order valence-corrected chi connectivity index (χ2v) is 6.26. The monoisotopic (exact) mass is 311 g/mol. The van der Waals surface area contributed by atoms with Crippen molar-refractivity contribution in [2.45, 2.75) is 31.0 Å². The first-order chi connectivity index (χ1) is 10.1. The zero-order valence-corrected chi connectivity index (χ0v) is 12.2. The Balaban J connectivity index is 1.83. The quantitative estimate of drug-likeness (QED) is 0.825. The molecule has 0 radical (unpaired) electrons. The highest BCUT2D eigenvalue weighted by Gasteiger charge is 2.37. The van der Waals surface area contributed by atoms with Crippen molar-refractivity contribution < 1.29 is 13.2 Å². The van der Waals surface area contributed by atoms with Crippen molar-refractivity contribution in [3.63, 3.8) is 0 Å². The molecule has 1 nitrogen and oxygen atoms in total. The number of nitrogens with one attached hydrogen (secondary N) is 1. The van der Waals surface area contributed by atoms with Gasteiger partial charge in [0.25, 0.3) is 0 Å². The fourth-order valence-electron chi connectivity index (χ4n) is 3.01. The average molecular weight is 311 g/mol. The Morgan fingerprint density at radius 2 is 1.86 bits per heavy atom. The number of hydrogen-bond acceptors (Lipinski definition) is 2. The Morgan fingerprint density at radius 1 is 1.10 bits per heavy atom. The molecule has 0 amide bonds. The third kappa shape index (κ3) is 3.14. The standard InChI is InChI=1S/C16H16F3NS/c17-16(18,19)15-13(7-9-21-15)12-6-8-20-14(10-12)11-4-2-1-3-5-11/h1-5,7,9,12,14,20H,6,8,10H2. The maximum Gasteiger partial charge on any atom is 0.425 e. The van der Waals surface area contributed by atoms with Crippen LogP contribution in [0.2, 0.25) is 0 Å². The van der Waals surface area contributed by atoms with Gasteiger partial charge in [-0.05, 0) is 47.9 Å². The van der Waals surface area contributed by atoms with E-state index >= 15 is 0 Å². The summed E-state index contributed by atoms with van der Waals surface area (Å²) >= 11 is 0.802. The molecule has 3 rings (SSSR count). The summed E-state index contributed by atoms with van der Waals surface area (Å²) in [5, 5.41) is 4.96. The fraction of sp³-hybridized carbons (Fsp3) is 0.375. The van der Waals surface area contributed by atoms with E-state index in [1.165, 1.54) is 0 Å². The Morgan fingerprint density at radius 3 is 2.57 bits per heavy atom. The van der Waals surface area contributed by atoms with Gasteiger partial charge in [0.15, 0.2) is 0 Å². The Kier molecular flexibility index (Phi) is 4.04. The van der Waals surface area contributed by atoms with E-state index in [2.05, 4.69) is 5.32 Å². The van der Waals surface area contributed by atoms with Crippen molar-refractivity contribution >= 4 is 11.3 Å². The lowest BCUT2D eigenvalue weighted by Crippen LogP contribution is -2.31. The van der Waals surface area contributed by atoms with Crippen LogP contribution >= 0.6 is 11.3 Å². The third-order valence-electron chi connectivity index (χ3n) is 4.00. The number of rotatable bonds is 2. The maximum absolute atomic E-state index is 13.1. The maximum atomic E-state index is 13.1. The third-order valence-corrected chi connectivity index (χ3v) is 4.97. The first kappa shape index (κ1) is 14.6. The van der Waals surface area contributed by atoms with Crippen molar-refractivity contribution in [2.24, 2.45) is 0 Å². The lowest BCUT2D eigenvalue weighted by molar-refractivity contribution is -0.135. The van der Waals surface area contributed by atoms with Crippen LogP contribution in [0.4, 0.5) is 13.2 Å². The molecule has 1 saturated heterocycles. The van der Waals surface area contributed by atoms with Gasteiger partial charge in [-0.15, -0.1) is 11.3 Å². The zero-order valence-electron chi connectivity index (χ0n) is 11.4. The van der Waals surface area contributed by atoms with Gasteiger partial charge in [0.05, 0.1) is 0 Å². The summed E-state index contributed by atoms with van der Waals surface area (Å²) in [6.07, 6.45) is -2.77. The van der Waals surface area contributed by atoms with Crippen LogP contribution in [-0.2, 0) is 6.18 Å². The molecule has 0 spiro atoms. The second-order valence-electron chi connectivity index (χ2n) is 5.34. The number of benzene rings is 1. The molecule has 112 valence electrons. The molecule has 1 N–H and O–H groups in total. The van der Waals surface area contributed by atoms with E-state index in [1.54, 1.807) is 11.4 Å². The molecule has 0 aliphatic carbocycles. The first-order valence-electron chi connectivity index (χ1n) is 6.98. The van der Waals surface area contributed by atoms with E-state index in [0.29, 0.717) is 12.0 Å². The van der Waals surface area contributed by atoms with Gasteiger partial charge in [0, 0.05) is 6.04 Å². The SMILES string of the molecule is FC(F)(F)c1sccc1C1CCNC(c2ccccc2)C1. The van der Waals surface area contributed by atoms with Gasteiger partial charge >= 0.3 is 6.18 Å². The molecule has 2 unspecified atom stereocenters. The Bertz CT molecular complexity index is 591. The largest absolute Gasteiger partial charge is 0.425 e. The molecule has 2 atom stereocenters. The number of thiophene rings is 1. The van der Waals surface area contributed by atoms with Crippen molar-refractivity contribution in [3.8, 4) is 0 Å². The molecular formula is C16H16F3NS. The zero-order chi connectivity index (χ0) is 14.9. The van der Waals surface area contributed by atoms with Crippen LogP contribution in [0.25, 0.3) is 0 Å². The number of alkyl halides is 3. The number of piperidine rings is 1. The summed E-state index contributed by atoms with van der Waals surface area (Å²) in [7, 11) is 0. The Hall–Kier alpha value is -1.33. The molecular weight excluding hydrogens is 295 g/mol. The summed E-state index contributed by atoms with van der Waals surface area (Å²) in [6, 6.07) is 11.7. The van der Waals surface area contributed by atoms with Crippen LogP contribution in [0.5, 0.6) is 0 Å². The van der Waals surface area contributed by atoms with Gasteiger partial charge in [0.2, 0.25) is 0 Å². The van der Waals surface area contributed by atoms with E-state index in [1.807, 2.05) is 30.3 Å². The molecule has 1 aliphatic heterocycles. The number of halogens is 3. The van der Waals surface area contributed by atoms with Gasteiger partial charge < -0.3 is 5.32 Å². The average Bonchev–Trinajstić information content (AvgIpc) is 2.98. The van der Waals surface area contributed by atoms with Crippen LogP contribution in [-0.4, -0.2) is 6.54 Å². The summed E-state index contributed by atoms with van der Waals surface area (Å²) in [6.45, 7) is 0.747. The first-order valence-corrected chi connectivity index (χ1v) is 7.86. The van der Waals surface area contributed by atoms with Gasteiger partial charge in [-0.1, -0.05) is 30.3 Å². The normalized spacial score (nSPS) is 23.2. The van der Waals surface area contributed by atoms with E-state index in [0.717, 1.165) is 29.9 Å². The smallest absolute Gasteiger partial charge is 0.310 e. The lowest BCUT2D eigenvalue weighted by atomic mass is 9.84. The predicted molar refractivity (Wildman–Crippen MR) is 78.5 cm³/mol. The highest BCUT2D eigenvalue weighted by Crippen LogP contribution is 2.43. The van der Waals surface area contributed by atoms with E-state index < -0.39 is 11.1 Å². The summed E-state index contributed by atoms with van der Waals surface area (Å²) in [5.41, 5.74) is 1.61. The van der Waals surface area contributed by atoms with Crippen LogP contribution in [0.1, 0.15) is 40.8 Å². The van der Waals surface area contributed by atoms with Crippen LogP contribution in [0.15, 0.2) is 41.8 Å². The van der Waals surface area contributed by atoms with Gasteiger partial charge in [0.1, 0.15) is 4.88 Å². The molecule has 1 aliphatic rings. The van der Waals surface area contributed by atoms with Gasteiger partial charge in [-0.3, -0.25) is 0 Å². The fourth-order valence-corrected chi connectivity index (χ4v) is 3.87. The summed E-state index contributed by atoms with van der Waals surface area (Å²) in [5.74, 6) is -0.0284. The molecule has 2 aromatic rings. The summed E-state index contributed by atoms with van der Waals surface area (Å²) in [4.78, 5) is -0.429. The highest BCUT2D eigenvalue weighted by molar-refractivity contribution is 7.10. The molecule has 2 heterocycles. The van der Waals surface area contributed by atoms with Crippen LogP contribution in [0, 0.1) is 0 Å². The van der Waals surface area contributed by atoms with Crippen molar-refractivity contribution in [2.75, 3.05) is 6.54 Å². The minimum atomic E-state index is -4.24. The van der Waals surface area contributed by atoms with Crippen molar-refractivity contribution in [3.05, 3.63) is 57.8 Å². The Labute approximate surface area is 125 Å². The summed E-state index contributed by atoms with van der Waals surface area (Å²) < 4.78 is 39.2. The number of hydrogen-bond donors (Lipinski definition) is 1. The van der Waals surface area contributed by atoms with E-state index in [4.69, 9.17) is 0 Å². The second kappa shape index (κ2) is 5.81.